The van der Waals surface area contributed by atoms with Gasteiger partial charge in [-0.25, -0.2) is 15.8 Å². The van der Waals surface area contributed by atoms with Crippen LogP contribution in [-0.2, 0) is 11.3 Å². The largest absolute Gasteiger partial charge is 0.308 e. The van der Waals surface area contributed by atoms with Crippen molar-refractivity contribution in [3.05, 3.63) is 17.6 Å². The summed E-state index contributed by atoms with van der Waals surface area (Å²) in [6, 6.07) is 1.67. The monoisotopic (exact) mass is 253 g/mol. The molecule has 0 bridgehead atoms. The number of hydrazine groups is 1. The Labute approximate surface area is 102 Å². The van der Waals surface area contributed by atoms with Crippen LogP contribution in [0.1, 0.15) is 11.5 Å². The molecule has 0 spiro atoms. The van der Waals surface area contributed by atoms with Crippen molar-refractivity contribution >= 4 is 28.7 Å². The first-order valence-electron chi connectivity index (χ1n) is 4.88. The summed E-state index contributed by atoms with van der Waals surface area (Å²) < 4.78 is 0. The Kier molecular flexibility index (Phi) is 3.25. The lowest BCUT2D eigenvalue weighted by Crippen LogP contribution is -2.29. The molecule has 90 valence electrons. The van der Waals surface area contributed by atoms with Crippen LogP contribution < -0.4 is 11.3 Å². The molecule has 0 aliphatic carbocycles. The molecule has 7 nitrogen and oxygen atoms in total. The Hall–Kier alpha value is -1.67. The van der Waals surface area contributed by atoms with E-state index < -0.39 is 0 Å². The number of anilines is 1. The average molecular weight is 253 g/mol. The normalized spacial score (nSPS) is 15.5. The van der Waals surface area contributed by atoms with E-state index in [4.69, 9.17) is 5.84 Å². The van der Waals surface area contributed by atoms with E-state index in [0.717, 1.165) is 22.4 Å². The Morgan fingerprint density at radius 2 is 2.29 bits per heavy atom. The highest BCUT2D eigenvalue weighted by molar-refractivity contribution is 8.14. The zero-order valence-electron chi connectivity index (χ0n) is 9.14. The zero-order valence-corrected chi connectivity index (χ0v) is 9.95. The maximum Gasteiger partial charge on any atom is 0.289 e. The molecule has 1 aromatic rings. The Balaban J connectivity index is 2.20. The van der Waals surface area contributed by atoms with E-state index >= 15 is 0 Å². The van der Waals surface area contributed by atoms with Crippen LogP contribution in [0.3, 0.4) is 0 Å². The van der Waals surface area contributed by atoms with Crippen LogP contribution >= 0.6 is 11.8 Å². The molecule has 2 rings (SSSR count). The van der Waals surface area contributed by atoms with Crippen molar-refractivity contribution in [1.82, 2.24) is 14.9 Å². The van der Waals surface area contributed by atoms with E-state index in [0.29, 0.717) is 11.6 Å². The molecule has 2 amide bonds. The van der Waals surface area contributed by atoms with Gasteiger partial charge in [0.2, 0.25) is 5.91 Å². The standard InChI is InChI=1S/C9H11N5O2S/c1-5-2-6(13-10)12-7(11-5)3-14-8(15)4-17-9(14)16/h2H,3-4,10H2,1H3,(H,11,12,13). The van der Waals surface area contributed by atoms with Gasteiger partial charge in [0.05, 0.1) is 12.3 Å². The van der Waals surface area contributed by atoms with Gasteiger partial charge in [-0.15, -0.1) is 0 Å². The van der Waals surface area contributed by atoms with Crippen LogP contribution in [0.15, 0.2) is 6.07 Å². The SMILES string of the molecule is Cc1cc(NN)nc(CN2C(=O)CSC2=O)n1. The Morgan fingerprint density at radius 3 is 2.88 bits per heavy atom. The zero-order chi connectivity index (χ0) is 12.4. The second kappa shape index (κ2) is 4.68. The lowest BCUT2D eigenvalue weighted by Gasteiger charge is -2.12. The third kappa shape index (κ3) is 2.53. The van der Waals surface area contributed by atoms with E-state index in [1.165, 1.54) is 0 Å². The molecule has 0 aromatic carbocycles. The molecule has 2 heterocycles. The number of nitrogens with two attached hydrogens (primary N) is 1. The fourth-order valence-electron chi connectivity index (χ4n) is 1.45. The molecule has 0 radical (unpaired) electrons. The number of imide groups is 1. The van der Waals surface area contributed by atoms with Gasteiger partial charge in [0, 0.05) is 11.8 Å². The Morgan fingerprint density at radius 1 is 1.53 bits per heavy atom. The summed E-state index contributed by atoms with van der Waals surface area (Å²) in [6.45, 7) is 1.87. The summed E-state index contributed by atoms with van der Waals surface area (Å²) in [4.78, 5) is 32.2. The van der Waals surface area contributed by atoms with E-state index in [9.17, 15) is 9.59 Å². The topological polar surface area (TPSA) is 101 Å². The first kappa shape index (κ1) is 11.8. The molecular weight excluding hydrogens is 242 g/mol. The van der Waals surface area contributed by atoms with Crippen LogP contribution in [-0.4, -0.2) is 31.8 Å². The highest BCUT2D eigenvalue weighted by Gasteiger charge is 2.30. The summed E-state index contributed by atoms with van der Waals surface area (Å²) >= 11 is 0.988. The molecule has 1 aliphatic heterocycles. The molecule has 8 heteroatoms. The van der Waals surface area contributed by atoms with Crippen molar-refractivity contribution in [3.8, 4) is 0 Å². The summed E-state index contributed by atoms with van der Waals surface area (Å²) in [5.74, 6) is 6.08. The van der Waals surface area contributed by atoms with Gasteiger partial charge in [0.25, 0.3) is 5.24 Å². The lowest BCUT2D eigenvalue weighted by atomic mass is 10.4. The first-order chi connectivity index (χ1) is 8.10. The van der Waals surface area contributed by atoms with Gasteiger partial charge in [-0.1, -0.05) is 11.8 Å². The smallest absolute Gasteiger partial charge is 0.289 e. The molecule has 17 heavy (non-hydrogen) atoms. The number of aryl methyl sites for hydroxylation is 1. The highest BCUT2D eigenvalue weighted by atomic mass is 32.2. The number of carbonyl (C=O) groups excluding carboxylic acids is 2. The Bertz CT molecular complexity index is 462. The lowest BCUT2D eigenvalue weighted by molar-refractivity contribution is -0.125. The van der Waals surface area contributed by atoms with Crippen molar-refractivity contribution in [1.29, 1.82) is 0 Å². The van der Waals surface area contributed by atoms with Crippen LogP contribution in [0.4, 0.5) is 10.6 Å². The summed E-state index contributed by atoms with van der Waals surface area (Å²) in [5, 5.41) is -0.262. The molecule has 1 aliphatic rings. The van der Waals surface area contributed by atoms with Crippen molar-refractivity contribution in [2.24, 2.45) is 5.84 Å². The number of amides is 2. The second-order valence-corrected chi connectivity index (χ2v) is 4.42. The number of hydrogen-bond donors (Lipinski definition) is 2. The maximum atomic E-state index is 11.4. The van der Waals surface area contributed by atoms with Gasteiger partial charge in [0.15, 0.2) is 5.82 Å². The minimum atomic E-state index is -0.262. The molecule has 1 saturated heterocycles. The van der Waals surface area contributed by atoms with Crippen molar-refractivity contribution in [3.63, 3.8) is 0 Å². The molecule has 0 unspecified atom stereocenters. The summed E-state index contributed by atoms with van der Waals surface area (Å²) in [6.07, 6.45) is 0. The van der Waals surface area contributed by atoms with E-state index in [2.05, 4.69) is 15.4 Å². The number of nitrogens with zero attached hydrogens (tertiary/aromatic N) is 3. The van der Waals surface area contributed by atoms with Crippen molar-refractivity contribution in [2.45, 2.75) is 13.5 Å². The van der Waals surface area contributed by atoms with Crippen molar-refractivity contribution in [2.75, 3.05) is 11.2 Å². The van der Waals surface area contributed by atoms with Crippen LogP contribution in [0.2, 0.25) is 0 Å². The van der Waals surface area contributed by atoms with Gasteiger partial charge < -0.3 is 5.43 Å². The van der Waals surface area contributed by atoms with Gasteiger partial charge in [-0.3, -0.25) is 14.5 Å². The second-order valence-electron chi connectivity index (χ2n) is 3.49. The number of rotatable bonds is 3. The van der Waals surface area contributed by atoms with Gasteiger partial charge in [0.1, 0.15) is 5.82 Å². The number of hydrogen-bond acceptors (Lipinski definition) is 7. The molecule has 0 saturated carbocycles. The first-order valence-corrected chi connectivity index (χ1v) is 5.87. The van der Waals surface area contributed by atoms with Gasteiger partial charge in [-0.05, 0) is 6.92 Å². The molecule has 1 aromatic heterocycles. The van der Waals surface area contributed by atoms with Gasteiger partial charge >= 0.3 is 0 Å². The summed E-state index contributed by atoms with van der Waals surface area (Å²) in [7, 11) is 0. The van der Waals surface area contributed by atoms with E-state index in [1.54, 1.807) is 13.0 Å². The fraction of sp³-hybridized carbons (Fsp3) is 0.333. The van der Waals surface area contributed by atoms with E-state index in [-0.39, 0.29) is 23.4 Å². The quantitative estimate of drug-likeness (QED) is 0.588. The van der Waals surface area contributed by atoms with E-state index in [1.807, 2.05) is 0 Å². The minimum Gasteiger partial charge on any atom is -0.308 e. The molecular formula is C9H11N5O2S. The number of aromatic nitrogens is 2. The van der Waals surface area contributed by atoms with Crippen LogP contribution in [0, 0.1) is 6.92 Å². The predicted molar refractivity (Wildman–Crippen MR) is 63.0 cm³/mol. The van der Waals surface area contributed by atoms with Crippen LogP contribution in [0.5, 0.6) is 0 Å². The number of carbonyl (C=O) groups is 2. The van der Waals surface area contributed by atoms with Crippen molar-refractivity contribution < 1.29 is 9.59 Å². The van der Waals surface area contributed by atoms with Crippen LogP contribution in [0.25, 0.3) is 0 Å². The number of thioether (sulfide) groups is 1. The average Bonchev–Trinajstić information content (AvgIpc) is 2.60. The number of nitrogen functional groups attached to an aromatic ring is 1. The summed E-state index contributed by atoms with van der Waals surface area (Å²) in [5.41, 5.74) is 3.13. The highest BCUT2D eigenvalue weighted by Crippen LogP contribution is 2.20. The minimum absolute atomic E-state index is 0.0844. The van der Waals surface area contributed by atoms with Gasteiger partial charge in [-0.2, -0.15) is 0 Å². The maximum absolute atomic E-state index is 11.4. The third-order valence-corrected chi connectivity index (χ3v) is 3.05. The fourth-order valence-corrected chi connectivity index (χ4v) is 2.17. The third-order valence-electron chi connectivity index (χ3n) is 2.19. The molecule has 3 N–H and O–H groups in total. The molecule has 1 fully saturated rings. The number of nitrogens with one attached hydrogen (secondary N) is 1. The molecule has 0 atom stereocenters. The predicted octanol–water partition coefficient (Wildman–Crippen LogP) is 0.266.